The number of carbonyl (C=O) groups excluding carboxylic acids is 1. The maximum Gasteiger partial charge on any atom is 0.227 e. The summed E-state index contributed by atoms with van der Waals surface area (Å²) in [5.74, 6) is 2.17. The SMILES string of the molecule is O=C(Nc1cccc(Br)c1)C1CC2CC2C1. The van der Waals surface area contributed by atoms with Crippen molar-refractivity contribution in [2.75, 3.05) is 5.32 Å². The van der Waals surface area contributed by atoms with E-state index in [2.05, 4.69) is 21.2 Å². The van der Waals surface area contributed by atoms with E-state index in [0.29, 0.717) is 0 Å². The fourth-order valence-electron chi connectivity index (χ4n) is 2.74. The quantitative estimate of drug-likeness (QED) is 0.883. The van der Waals surface area contributed by atoms with Gasteiger partial charge in [-0.1, -0.05) is 22.0 Å². The molecule has 2 nitrogen and oxygen atoms in total. The second kappa shape index (κ2) is 3.88. The van der Waals surface area contributed by atoms with Crippen LogP contribution in [-0.4, -0.2) is 5.91 Å². The largest absolute Gasteiger partial charge is 0.326 e. The first-order chi connectivity index (χ1) is 7.72. The molecular weight excluding hydrogens is 266 g/mol. The first-order valence-electron chi connectivity index (χ1n) is 5.79. The lowest BCUT2D eigenvalue weighted by Gasteiger charge is -2.12. The van der Waals surface area contributed by atoms with Crippen LogP contribution in [0.4, 0.5) is 5.69 Å². The van der Waals surface area contributed by atoms with Crippen LogP contribution in [0.15, 0.2) is 28.7 Å². The lowest BCUT2D eigenvalue weighted by molar-refractivity contribution is -0.120. The number of rotatable bonds is 2. The molecule has 2 aliphatic rings. The number of amides is 1. The van der Waals surface area contributed by atoms with Gasteiger partial charge in [-0.25, -0.2) is 0 Å². The van der Waals surface area contributed by atoms with E-state index in [1.54, 1.807) is 0 Å². The molecule has 84 valence electrons. The topological polar surface area (TPSA) is 29.1 Å². The molecule has 0 aromatic heterocycles. The molecule has 16 heavy (non-hydrogen) atoms. The Morgan fingerprint density at radius 1 is 1.25 bits per heavy atom. The van der Waals surface area contributed by atoms with Crippen LogP contribution < -0.4 is 5.32 Å². The Bertz CT molecular complexity index is 422. The number of hydrogen-bond acceptors (Lipinski definition) is 1. The van der Waals surface area contributed by atoms with Crippen LogP contribution in [0.3, 0.4) is 0 Å². The minimum absolute atomic E-state index is 0.199. The molecule has 1 N–H and O–H groups in total. The molecule has 2 atom stereocenters. The molecule has 2 aliphatic carbocycles. The third kappa shape index (κ3) is 2.01. The van der Waals surface area contributed by atoms with Crippen molar-refractivity contribution in [2.24, 2.45) is 17.8 Å². The van der Waals surface area contributed by atoms with Gasteiger partial charge in [-0.3, -0.25) is 4.79 Å². The van der Waals surface area contributed by atoms with Gasteiger partial charge in [-0.2, -0.15) is 0 Å². The molecule has 1 aromatic rings. The number of benzene rings is 1. The summed E-state index contributed by atoms with van der Waals surface area (Å²) in [6.07, 6.45) is 3.57. The minimum Gasteiger partial charge on any atom is -0.326 e. The zero-order valence-corrected chi connectivity index (χ0v) is 10.5. The third-order valence-corrected chi connectivity index (χ3v) is 4.20. The van der Waals surface area contributed by atoms with E-state index in [4.69, 9.17) is 0 Å². The third-order valence-electron chi connectivity index (χ3n) is 3.71. The molecule has 2 fully saturated rings. The molecule has 0 heterocycles. The summed E-state index contributed by atoms with van der Waals surface area (Å²) in [5, 5.41) is 3.00. The zero-order valence-electron chi connectivity index (χ0n) is 8.95. The minimum atomic E-state index is 0.199. The van der Waals surface area contributed by atoms with Crippen molar-refractivity contribution in [3.63, 3.8) is 0 Å². The number of nitrogens with one attached hydrogen (secondary N) is 1. The molecule has 0 aliphatic heterocycles. The van der Waals surface area contributed by atoms with Crippen LogP contribution in [0, 0.1) is 17.8 Å². The van der Waals surface area contributed by atoms with E-state index in [1.807, 2.05) is 24.3 Å². The number of anilines is 1. The highest BCUT2D eigenvalue weighted by molar-refractivity contribution is 9.10. The van der Waals surface area contributed by atoms with Gasteiger partial charge < -0.3 is 5.32 Å². The molecule has 0 spiro atoms. The van der Waals surface area contributed by atoms with Crippen LogP contribution in [0.2, 0.25) is 0 Å². The number of hydrogen-bond donors (Lipinski definition) is 1. The first-order valence-corrected chi connectivity index (χ1v) is 6.58. The van der Waals surface area contributed by atoms with Gasteiger partial charge >= 0.3 is 0 Å². The van der Waals surface area contributed by atoms with Gasteiger partial charge in [0.25, 0.3) is 0 Å². The highest BCUT2D eigenvalue weighted by Crippen LogP contribution is 2.54. The Hall–Kier alpha value is -0.830. The first kappa shape index (κ1) is 10.3. The van der Waals surface area contributed by atoms with Crippen molar-refractivity contribution < 1.29 is 4.79 Å². The van der Waals surface area contributed by atoms with Gasteiger partial charge in [-0.15, -0.1) is 0 Å². The fraction of sp³-hybridized carbons (Fsp3) is 0.462. The molecular formula is C13H14BrNO. The summed E-state index contributed by atoms with van der Waals surface area (Å²) in [4.78, 5) is 12.0. The Kier molecular flexibility index (Phi) is 2.51. The standard InChI is InChI=1S/C13H14BrNO/c14-11-2-1-3-12(7-11)15-13(16)10-5-8-4-9(8)6-10/h1-3,7-10H,4-6H2,(H,15,16). The van der Waals surface area contributed by atoms with Crippen molar-refractivity contribution in [2.45, 2.75) is 19.3 Å². The van der Waals surface area contributed by atoms with Gasteiger partial charge in [-0.05, 0) is 49.3 Å². The van der Waals surface area contributed by atoms with E-state index in [-0.39, 0.29) is 11.8 Å². The van der Waals surface area contributed by atoms with Crippen molar-refractivity contribution in [1.29, 1.82) is 0 Å². The van der Waals surface area contributed by atoms with Gasteiger partial charge in [0.15, 0.2) is 0 Å². The average Bonchev–Trinajstić information content (AvgIpc) is 2.86. The lowest BCUT2D eigenvalue weighted by atomic mass is 10.0. The second-order valence-electron chi connectivity index (χ2n) is 4.92. The van der Waals surface area contributed by atoms with Crippen LogP contribution >= 0.6 is 15.9 Å². The summed E-state index contributed by atoms with van der Waals surface area (Å²) in [6, 6.07) is 7.76. The van der Waals surface area contributed by atoms with Gasteiger partial charge in [0.1, 0.15) is 0 Å². The zero-order chi connectivity index (χ0) is 11.1. The van der Waals surface area contributed by atoms with E-state index >= 15 is 0 Å². The van der Waals surface area contributed by atoms with Crippen LogP contribution in [0.1, 0.15) is 19.3 Å². The Balaban J connectivity index is 1.64. The Morgan fingerprint density at radius 2 is 2.00 bits per heavy atom. The monoisotopic (exact) mass is 279 g/mol. The Morgan fingerprint density at radius 3 is 2.69 bits per heavy atom. The Labute approximate surface area is 104 Å². The maximum atomic E-state index is 12.0. The van der Waals surface area contributed by atoms with Crippen molar-refractivity contribution in [3.05, 3.63) is 28.7 Å². The molecule has 0 bridgehead atoms. The maximum absolute atomic E-state index is 12.0. The van der Waals surface area contributed by atoms with E-state index < -0.39 is 0 Å². The van der Waals surface area contributed by atoms with Gasteiger partial charge in [0.05, 0.1) is 0 Å². The summed E-state index contributed by atoms with van der Waals surface area (Å²) >= 11 is 3.40. The molecule has 1 amide bonds. The lowest BCUT2D eigenvalue weighted by Crippen LogP contribution is -2.21. The number of carbonyl (C=O) groups is 1. The molecule has 0 saturated heterocycles. The summed E-state index contributed by atoms with van der Waals surface area (Å²) < 4.78 is 1.000. The smallest absolute Gasteiger partial charge is 0.227 e. The van der Waals surface area contributed by atoms with Crippen LogP contribution in [0.5, 0.6) is 0 Å². The van der Waals surface area contributed by atoms with E-state index in [9.17, 15) is 4.79 Å². The second-order valence-corrected chi connectivity index (χ2v) is 5.84. The van der Waals surface area contributed by atoms with Crippen LogP contribution in [0.25, 0.3) is 0 Å². The average molecular weight is 280 g/mol. The predicted molar refractivity (Wildman–Crippen MR) is 67.1 cm³/mol. The molecule has 3 rings (SSSR count). The summed E-state index contributed by atoms with van der Waals surface area (Å²) in [7, 11) is 0. The van der Waals surface area contributed by atoms with Gasteiger partial charge in [0, 0.05) is 16.1 Å². The highest BCUT2D eigenvalue weighted by Gasteiger charge is 2.47. The van der Waals surface area contributed by atoms with Gasteiger partial charge in [0.2, 0.25) is 5.91 Å². The number of halogens is 1. The normalized spacial score (nSPS) is 30.9. The highest BCUT2D eigenvalue weighted by atomic mass is 79.9. The predicted octanol–water partition coefficient (Wildman–Crippen LogP) is 3.43. The van der Waals surface area contributed by atoms with Crippen molar-refractivity contribution in [3.8, 4) is 0 Å². The summed E-state index contributed by atoms with van der Waals surface area (Å²) in [6.45, 7) is 0. The fourth-order valence-corrected chi connectivity index (χ4v) is 3.14. The van der Waals surface area contributed by atoms with Crippen LogP contribution in [-0.2, 0) is 4.79 Å². The molecule has 2 saturated carbocycles. The van der Waals surface area contributed by atoms with E-state index in [0.717, 1.165) is 34.8 Å². The molecule has 0 radical (unpaired) electrons. The number of fused-ring (bicyclic) bond motifs is 1. The van der Waals surface area contributed by atoms with E-state index in [1.165, 1.54) is 6.42 Å². The van der Waals surface area contributed by atoms with Crippen molar-refractivity contribution in [1.82, 2.24) is 0 Å². The molecule has 2 unspecified atom stereocenters. The van der Waals surface area contributed by atoms with Crippen molar-refractivity contribution >= 4 is 27.5 Å². The molecule has 3 heteroatoms. The summed E-state index contributed by atoms with van der Waals surface area (Å²) in [5.41, 5.74) is 0.889. The molecule has 1 aromatic carbocycles.